The van der Waals surface area contributed by atoms with Crippen LogP contribution in [-0.4, -0.2) is 27.9 Å². The molecule has 1 N–H and O–H groups in total. The van der Waals surface area contributed by atoms with Crippen LogP contribution in [0.25, 0.3) is 11.0 Å². The second-order valence-electron chi connectivity index (χ2n) is 4.70. The Bertz CT molecular complexity index is 620. The number of nitrogens with zero attached hydrogens (tertiary/aromatic N) is 2. The molecule has 0 saturated carbocycles. The highest BCUT2D eigenvalue weighted by Gasteiger charge is 2.31. The van der Waals surface area contributed by atoms with Crippen LogP contribution in [0.1, 0.15) is 31.3 Å². The highest BCUT2D eigenvalue weighted by Crippen LogP contribution is 2.32. The number of aromatic nitrogens is 2. The third-order valence-corrected chi connectivity index (χ3v) is 3.14. The van der Waals surface area contributed by atoms with Crippen molar-refractivity contribution in [3.63, 3.8) is 0 Å². The van der Waals surface area contributed by atoms with Gasteiger partial charge in [-0.3, -0.25) is 0 Å². The first kappa shape index (κ1) is 15.8. The minimum atomic E-state index is -4.41. The van der Waals surface area contributed by atoms with Crippen LogP contribution >= 0.6 is 0 Å². The zero-order chi connectivity index (χ0) is 15.6. The van der Waals surface area contributed by atoms with Crippen molar-refractivity contribution in [3.8, 4) is 0 Å². The normalized spacial score (nSPS) is 13.8. The first-order chi connectivity index (χ1) is 9.84. The first-order valence-electron chi connectivity index (χ1n) is 6.67. The molecule has 116 valence electrons. The smallest absolute Gasteiger partial charge is 0.385 e. The molecule has 0 fully saturated rings. The van der Waals surface area contributed by atoms with E-state index >= 15 is 0 Å². The van der Waals surface area contributed by atoms with Crippen LogP contribution in [0.4, 0.5) is 13.2 Å². The number of halogens is 3. The van der Waals surface area contributed by atoms with Crippen molar-refractivity contribution in [1.82, 2.24) is 9.55 Å². The third-order valence-electron chi connectivity index (χ3n) is 3.14. The van der Waals surface area contributed by atoms with Gasteiger partial charge in [0, 0.05) is 13.2 Å². The molecule has 0 aliphatic carbocycles. The molecule has 2 aromatic rings. The Morgan fingerprint density at radius 1 is 1.38 bits per heavy atom. The maximum Gasteiger partial charge on any atom is 0.416 e. The van der Waals surface area contributed by atoms with E-state index in [4.69, 9.17) is 4.74 Å². The number of imidazole rings is 1. The van der Waals surface area contributed by atoms with Crippen molar-refractivity contribution in [1.29, 1.82) is 0 Å². The van der Waals surface area contributed by atoms with Crippen molar-refractivity contribution in [2.45, 2.75) is 32.7 Å². The maximum absolute atomic E-state index is 12.7. The molecule has 1 heterocycles. The molecule has 2 rings (SSSR count). The molecule has 21 heavy (non-hydrogen) atoms. The number of aliphatic hydroxyl groups is 1. The number of hydrogen-bond donors (Lipinski definition) is 1. The fourth-order valence-electron chi connectivity index (χ4n) is 2.18. The Labute approximate surface area is 120 Å². The van der Waals surface area contributed by atoms with Gasteiger partial charge in [0.15, 0.2) is 0 Å². The van der Waals surface area contributed by atoms with E-state index in [1.807, 2.05) is 6.92 Å². The molecule has 1 aromatic carbocycles. The zero-order valence-corrected chi connectivity index (χ0v) is 11.8. The number of ether oxygens (including phenoxy) is 1. The summed E-state index contributed by atoms with van der Waals surface area (Å²) in [5, 5.41) is 9.74. The summed E-state index contributed by atoms with van der Waals surface area (Å²) in [5.74, 6) is 0.337. The Morgan fingerprint density at radius 2 is 2.10 bits per heavy atom. The molecule has 0 amide bonds. The number of benzene rings is 1. The quantitative estimate of drug-likeness (QED) is 0.863. The minimum absolute atomic E-state index is 0.220. The fraction of sp³-hybridized carbons (Fsp3) is 0.500. The van der Waals surface area contributed by atoms with Crippen molar-refractivity contribution >= 4 is 11.0 Å². The number of alkyl halides is 3. The maximum atomic E-state index is 12.7. The average Bonchev–Trinajstić information content (AvgIpc) is 2.76. The van der Waals surface area contributed by atoms with Crippen LogP contribution in [-0.2, 0) is 17.5 Å². The van der Waals surface area contributed by atoms with Crippen molar-refractivity contribution in [2.75, 3.05) is 13.2 Å². The van der Waals surface area contributed by atoms with E-state index in [9.17, 15) is 18.3 Å². The summed E-state index contributed by atoms with van der Waals surface area (Å²) in [6, 6.07) is 3.40. The van der Waals surface area contributed by atoms with Gasteiger partial charge in [-0.1, -0.05) is 0 Å². The van der Waals surface area contributed by atoms with E-state index in [1.165, 1.54) is 13.0 Å². The largest absolute Gasteiger partial charge is 0.416 e. The third kappa shape index (κ3) is 3.36. The van der Waals surface area contributed by atoms with Gasteiger partial charge in [-0.05, 0) is 32.0 Å². The summed E-state index contributed by atoms with van der Waals surface area (Å²) in [4.78, 5) is 4.12. The van der Waals surface area contributed by atoms with Crippen LogP contribution in [0, 0.1) is 0 Å². The van der Waals surface area contributed by atoms with Crippen LogP contribution < -0.4 is 0 Å². The Morgan fingerprint density at radius 3 is 2.67 bits per heavy atom. The Hall–Kier alpha value is -1.60. The summed E-state index contributed by atoms with van der Waals surface area (Å²) in [6.45, 7) is 4.77. The predicted octanol–water partition coefficient (Wildman–Crippen LogP) is 3.14. The molecule has 1 aromatic heterocycles. The van der Waals surface area contributed by atoms with E-state index in [1.54, 1.807) is 4.57 Å². The standard InChI is InChI=1S/C14H17F3N2O2/c1-3-21-7-6-19-12-5-4-10(14(15,16)17)8-11(12)18-13(19)9(2)20/h4-5,8-9,20H,3,6-7H2,1-2H3. The van der Waals surface area contributed by atoms with Crippen LogP contribution in [0.2, 0.25) is 0 Å². The van der Waals surface area contributed by atoms with E-state index in [2.05, 4.69) is 4.98 Å². The second kappa shape index (κ2) is 6.03. The van der Waals surface area contributed by atoms with Gasteiger partial charge in [0.2, 0.25) is 0 Å². The lowest BCUT2D eigenvalue weighted by Crippen LogP contribution is -2.11. The van der Waals surface area contributed by atoms with Crippen molar-refractivity contribution in [2.24, 2.45) is 0 Å². The zero-order valence-electron chi connectivity index (χ0n) is 11.8. The molecule has 1 atom stereocenters. The van der Waals surface area contributed by atoms with Gasteiger partial charge < -0.3 is 14.4 Å². The van der Waals surface area contributed by atoms with Gasteiger partial charge in [0.25, 0.3) is 0 Å². The van der Waals surface area contributed by atoms with Crippen LogP contribution in [0.3, 0.4) is 0 Å². The summed E-state index contributed by atoms with van der Waals surface area (Å²) >= 11 is 0. The monoisotopic (exact) mass is 302 g/mol. The van der Waals surface area contributed by atoms with E-state index in [0.717, 1.165) is 12.1 Å². The summed E-state index contributed by atoms with van der Waals surface area (Å²) in [7, 11) is 0. The van der Waals surface area contributed by atoms with Gasteiger partial charge in [-0.2, -0.15) is 13.2 Å². The SMILES string of the molecule is CCOCCn1c(C(C)O)nc2cc(C(F)(F)F)ccc21. The summed E-state index contributed by atoms with van der Waals surface area (Å²) < 4.78 is 45.1. The number of fused-ring (bicyclic) bond motifs is 1. The van der Waals surface area contributed by atoms with Crippen LogP contribution in [0.15, 0.2) is 18.2 Å². The van der Waals surface area contributed by atoms with E-state index in [0.29, 0.717) is 31.1 Å². The van der Waals surface area contributed by atoms with E-state index in [-0.39, 0.29) is 5.52 Å². The summed E-state index contributed by atoms with van der Waals surface area (Å²) in [5.41, 5.74) is 0.0254. The molecule has 0 radical (unpaired) electrons. The van der Waals surface area contributed by atoms with Gasteiger partial charge in [0.05, 0.1) is 23.2 Å². The van der Waals surface area contributed by atoms with Gasteiger partial charge in [0.1, 0.15) is 11.9 Å². The molecule has 4 nitrogen and oxygen atoms in total. The highest BCUT2D eigenvalue weighted by atomic mass is 19.4. The molecule has 7 heteroatoms. The number of aliphatic hydroxyl groups excluding tert-OH is 1. The minimum Gasteiger partial charge on any atom is -0.385 e. The second-order valence-corrected chi connectivity index (χ2v) is 4.70. The predicted molar refractivity (Wildman–Crippen MR) is 71.9 cm³/mol. The topological polar surface area (TPSA) is 47.3 Å². The molecule has 0 bridgehead atoms. The molecule has 0 saturated heterocycles. The Balaban J connectivity index is 2.47. The lowest BCUT2D eigenvalue weighted by Gasteiger charge is -2.11. The average molecular weight is 302 g/mol. The number of rotatable bonds is 5. The molecular formula is C14H17F3N2O2. The van der Waals surface area contributed by atoms with Gasteiger partial charge >= 0.3 is 6.18 Å². The molecule has 0 spiro atoms. The fourth-order valence-corrected chi connectivity index (χ4v) is 2.18. The van der Waals surface area contributed by atoms with E-state index < -0.39 is 17.8 Å². The Kier molecular flexibility index (Phi) is 4.53. The molecule has 0 aliphatic rings. The lowest BCUT2D eigenvalue weighted by atomic mass is 10.2. The van der Waals surface area contributed by atoms with Crippen molar-refractivity contribution in [3.05, 3.63) is 29.6 Å². The van der Waals surface area contributed by atoms with Gasteiger partial charge in [-0.25, -0.2) is 4.98 Å². The first-order valence-corrected chi connectivity index (χ1v) is 6.67. The molecule has 0 aliphatic heterocycles. The van der Waals surface area contributed by atoms with Crippen molar-refractivity contribution < 1.29 is 23.0 Å². The highest BCUT2D eigenvalue weighted by molar-refractivity contribution is 5.77. The number of hydrogen-bond acceptors (Lipinski definition) is 3. The molecule has 1 unspecified atom stereocenters. The molecular weight excluding hydrogens is 285 g/mol. The van der Waals surface area contributed by atoms with Crippen LogP contribution in [0.5, 0.6) is 0 Å². The lowest BCUT2D eigenvalue weighted by molar-refractivity contribution is -0.137. The summed E-state index contributed by atoms with van der Waals surface area (Å²) in [6.07, 6.45) is -5.28. The van der Waals surface area contributed by atoms with Gasteiger partial charge in [-0.15, -0.1) is 0 Å².